The molecule has 0 saturated carbocycles. The van der Waals surface area contributed by atoms with E-state index in [1.54, 1.807) is 0 Å². The van der Waals surface area contributed by atoms with Crippen molar-refractivity contribution >= 4 is 0 Å². The highest BCUT2D eigenvalue weighted by Crippen LogP contribution is 2.18. The first-order valence-corrected chi connectivity index (χ1v) is 7.95. The van der Waals surface area contributed by atoms with Gasteiger partial charge in [-0.3, -0.25) is 5.32 Å². The Morgan fingerprint density at radius 3 is 2.50 bits per heavy atom. The molecule has 0 saturated heterocycles. The van der Waals surface area contributed by atoms with Crippen LogP contribution in [0.5, 0.6) is 5.75 Å². The molecule has 1 atom stereocenters. The molecule has 0 radical (unpaired) electrons. The van der Waals surface area contributed by atoms with Crippen molar-refractivity contribution in [2.24, 2.45) is 0 Å². The first-order valence-electron chi connectivity index (χ1n) is 7.95. The number of benzene rings is 2. The Morgan fingerprint density at radius 2 is 1.73 bits per heavy atom. The van der Waals surface area contributed by atoms with Gasteiger partial charge < -0.3 is 9.84 Å². The van der Waals surface area contributed by atoms with Gasteiger partial charge in [0.2, 0.25) is 0 Å². The van der Waals surface area contributed by atoms with Crippen LogP contribution in [0.2, 0.25) is 0 Å². The van der Waals surface area contributed by atoms with E-state index in [9.17, 15) is 5.11 Å². The van der Waals surface area contributed by atoms with Crippen LogP contribution in [0.15, 0.2) is 54.6 Å². The topological polar surface area (TPSA) is 41.5 Å². The van der Waals surface area contributed by atoms with Gasteiger partial charge in [-0.25, -0.2) is 0 Å². The molecule has 3 heteroatoms. The summed E-state index contributed by atoms with van der Waals surface area (Å²) in [7, 11) is 0. The summed E-state index contributed by atoms with van der Waals surface area (Å²) in [6.07, 6.45) is 1.97. The molecule has 2 rings (SSSR count). The zero-order valence-corrected chi connectivity index (χ0v) is 13.2. The van der Waals surface area contributed by atoms with Crippen molar-refractivity contribution < 1.29 is 9.84 Å². The van der Waals surface area contributed by atoms with Crippen LogP contribution >= 0.6 is 0 Å². The third kappa shape index (κ3) is 5.51. The number of aryl methyl sites for hydroxylation is 1. The van der Waals surface area contributed by atoms with Gasteiger partial charge in [-0.15, -0.1) is 0 Å². The highest BCUT2D eigenvalue weighted by Gasteiger charge is 2.06. The van der Waals surface area contributed by atoms with Crippen molar-refractivity contribution in [3.63, 3.8) is 0 Å². The summed E-state index contributed by atoms with van der Waals surface area (Å²) in [4.78, 5) is 0. The summed E-state index contributed by atoms with van der Waals surface area (Å²) < 4.78 is 5.61. The van der Waals surface area contributed by atoms with E-state index in [1.165, 1.54) is 11.1 Å². The summed E-state index contributed by atoms with van der Waals surface area (Å²) >= 11 is 0. The van der Waals surface area contributed by atoms with E-state index in [0.29, 0.717) is 6.61 Å². The molecule has 0 amide bonds. The number of nitrogens with one attached hydrogen (secondary N) is 1. The van der Waals surface area contributed by atoms with Gasteiger partial charge in [0.05, 0.1) is 6.61 Å². The van der Waals surface area contributed by atoms with E-state index < -0.39 is 6.23 Å². The van der Waals surface area contributed by atoms with Gasteiger partial charge >= 0.3 is 0 Å². The van der Waals surface area contributed by atoms with E-state index >= 15 is 0 Å². The predicted molar refractivity (Wildman–Crippen MR) is 90.1 cm³/mol. The summed E-state index contributed by atoms with van der Waals surface area (Å²) in [6, 6.07) is 18.3. The van der Waals surface area contributed by atoms with Gasteiger partial charge in [0, 0.05) is 6.54 Å². The molecule has 0 heterocycles. The van der Waals surface area contributed by atoms with Gasteiger partial charge in [0.1, 0.15) is 12.0 Å². The van der Waals surface area contributed by atoms with E-state index in [1.807, 2.05) is 43.3 Å². The van der Waals surface area contributed by atoms with Crippen molar-refractivity contribution in [3.05, 3.63) is 65.7 Å². The second-order valence-electron chi connectivity index (χ2n) is 5.28. The number of hydrogen-bond donors (Lipinski definition) is 2. The molecule has 2 aromatic carbocycles. The Balaban J connectivity index is 1.72. The van der Waals surface area contributed by atoms with Crippen molar-refractivity contribution in [2.75, 3.05) is 13.2 Å². The number of ether oxygens (including phenoxy) is 1. The fourth-order valence-electron chi connectivity index (χ4n) is 2.43. The van der Waals surface area contributed by atoms with Crippen LogP contribution in [-0.4, -0.2) is 24.5 Å². The lowest BCUT2D eigenvalue weighted by Gasteiger charge is -2.14. The molecule has 0 aliphatic rings. The van der Waals surface area contributed by atoms with E-state index in [2.05, 4.69) is 23.5 Å². The molecular weight excluding hydrogens is 274 g/mol. The summed E-state index contributed by atoms with van der Waals surface area (Å²) in [6.45, 7) is 3.40. The van der Waals surface area contributed by atoms with Crippen molar-refractivity contribution in [2.45, 2.75) is 32.4 Å². The van der Waals surface area contributed by atoms with Crippen LogP contribution in [0, 0.1) is 0 Å². The molecule has 2 aromatic rings. The van der Waals surface area contributed by atoms with Gasteiger partial charge in [-0.05, 0) is 43.4 Å². The molecule has 1 unspecified atom stereocenters. The molecule has 0 fully saturated rings. The largest absolute Gasteiger partial charge is 0.494 e. The second kappa shape index (κ2) is 9.23. The van der Waals surface area contributed by atoms with Crippen LogP contribution in [0.3, 0.4) is 0 Å². The molecule has 0 aliphatic heterocycles. The molecular formula is C19H25NO2. The first kappa shape index (κ1) is 16.5. The molecule has 3 nitrogen and oxygen atoms in total. The fourth-order valence-corrected chi connectivity index (χ4v) is 2.43. The van der Waals surface area contributed by atoms with Crippen molar-refractivity contribution in [1.82, 2.24) is 5.32 Å². The molecule has 118 valence electrons. The number of aliphatic hydroxyl groups is 1. The van der Waals surface area contributed by atoms with Crippen molar-refractivity contribution in [3.8, 4) is 5.75 Å². The number of para-hydroxylation sites is 1. The molecule has 2 N–H and O–H groups in total. The Bertz CT molecular complexity index is 542. The summed E-state index contributed by atoms with van der Waals surface area (Å²) in [5.74, 6) is 0.936. The summed E-state index contributed by atoms with van der Waals surface area (Å²) in [5.41, 5.74) is 2.43. The highest BCUT2D eigenvalue weighted by atomic mass is 16.5. The SMILES string of the molecule is CCOc1ccccc1CCNC(O)CCc1ccccc1. The first-order chi connectivity index (χ1) is 10.8. The maximum atomic E-state index is 10.0. The lowest BCUT2D eigenvalue weighted by atomic mass is 10.1. The number of hydrogen-bond acceptors (Lipinski definition) is 3. The quantitative estimate of drug-likeness (QED) is 0.699. The monoisotopic (exact) mass is 299 g/mol. The minimum absolute atomic E-state index is 0.473. The lowest BCUT2D eigenvalue weighted by molar-refractivity contribution is 0.129. The van der Waals surface area contributed by atoms with E-state index in [-0.39, 0.29) is 0 Å². The zero-order valence-electron chi connectivity index (χ0n) is 13.2. The van der Waals surface area contributed by atoms with Crippen LogP contribution in [-0.2, 0) is 12.8 Å². The maximum absolute atomic E-state index is 10.0. The van der Waals surface area contributed by atoms with Gasteiger partial charge in [-0.1, -0.05) is 48.5 Å². The summed E-state index contributed by atoms with van der Waals surface area (Å²) in [5, 5.41) is 13.2. The number of aliphatic hydroxyl groups excluding tert-OH is 1. The third-order valence-electron chi connectivity index (χ3n) is 3.60. The fraction of sp³-hybridized carbons (Fsp3) is 0.368. The van der Waals surface area contributed by atoms with E-state index in [0.717, 1.165) is 31.6 Å². The normalized spacial score (nSPS) is 12.1. The Labute approximate surface area is 133 Å². The number of rotatable bonds is 9. The van der Waals surface area contributed by atoms with Gasteiger partial charge in [0.15, 0.2) is 0 Å². The van der Waals surface area contributed by atoms with Crippen LogP contribution < -0.4 is 10.1 Å². The average molecular weight is 299 g/mol. The average Bonchev–Trinajstić information content (AvgIpc) is 2.56. The molecule has 0 bridgehead atoms. The van der Waals surface area contributed by atoms with Gasteiger partial charge in [0.25, 0.3) is 0 Å². The minimum atomic E-state index is -0.473. The zero-order chi connectivity index (χ0) is 15.6. The van der Waals surface area contributed by atoms with Crippen LogP contribution in [0.1, 0.15) is 24.5 Å². The lowest BCUT2D eigenvalue weighted by Crippen LogP contribution is -2.31. The predicted octanol–water partition coefficient (Wildman–Crippen LogP) is 3.17. The molecule has 0 spiro atoms. The second-order valence-corrected chi connectivity index (χ2v) is 5.28. The third-order valence-corrected chi connectivity index (χ3v) is 3.60. The Hall–Kier alpha value is -1.84. The molecule has 0 aromatic heterocycles. The highest BCUT2D eigenvalue weighted by molar-refractivity contribution is 5.33. The van der Waals surface area contributed by atoms with Crippen LogP contribution in [0.25, 0.3) is 0 Å². The molecule has 22 heavy (non-hydrogen) atoms. The standard InChI is InChI=1S/C19H25NO2/c1-2-22-18-11-7-6-10-17(18)14-15-20-19(21)13-12-16-8-4-3-5-9-16/h3-11,19-21H,2,12-15H2,1H3. The van der Waals surface area contributed by atoms with Gasteiger partial charge in [-0.2, -0.15) is 0 Å². The van der Waals surface area contributed by atoms with Crippen LogP contribution in [0.4, 0.5) is 0 Å². The minimum Gasteiger partial charge on any atom is -0.494 e. The maximum Gasteiger partial charge on any atom is 0.122 e. The smallest absolute Gasteiger partial charge is 0.122 e. The van der Waals surface area contributed by atoms with E-state index in [4.69, 9.17) is 4.74 Å². The Kier molecular flexibility index (Phi) is 6.94. The Morgan fingerprint density at radius 1 is 1.00 bits per heavy atom. The van der Waals surface area contributed by atoms with Crippen molar-refractivity contribution in [1.29, 1.82) is 0 Å². The molecule has 0 aliphatic carbocycles.